The first-order valence-electron chi connectivity index (χ1n) is 4.07. The minimum Gasteiger partial charge on any atom is -0.324 e. The maximum Gasteiger partial charge on any atom is 0.237 e. The Balaban J connectivity index is 2.65. The van der Waals surface area contributed by atoms with Gasteiger partial charge in [-0.1, -0.05) is 11.6 Å². The van der Waals surface area contributed by atoms with Gasteiger partial charge in [-0.3, -0.25) is 9.00 Å². The highest BCUT2D eigenvalue weighted by Gasteiger charge is 2.23. The predicted molar refractivity (Wildman–Crippen MR) is 56.1 cm³/mol. The fraction of sp³-hybridized carbons (Fsp3) is 0.222. The van der Waals surface area contributed by atoms with Gasteiger partial charge in [0, 0.05) is 5.02 Å². The first-order valence-corrected chi connectivity index (χ1v) is 5.76. The second kappa shape index (κ2) is 3.37. The lowest BCUT2D eigenvalue weighted by Crippen LogP contribution is -2.26. The third-order valence-electron chi connectivity index (χ3n) is 2.10. The van der Waals surface area contributed by atoms with E-state index in [1.807, 2.05) is 0 Å². The van der Waals surface area contributed by atoms with Crippen molar-refractivity contribution in [2.45, 2.75) is 11.8 Å². The quantitative estimate of drug-likeness (QED) is 0.736. The lowest BCUT2D eigenvalue weighted by molar-refractivity contribution is -0.113. The molecule has 3 nitrogen and oxygen atoms in total. The van der Waals surface area contributed by atoms with E-state index in [2.05, 4.69) is 5.32 Å². The summed E-state index contributed by atoms with van der Waals surface area (Å²) in [5.41, 5.74) is 1.39. The molecule has 2 rings (SSSR count). The van der Waals surface area contributed by atoms with E-state index in [1.54, 1.807) is 19.1 Å². The second-order valence-electron chi connectivity index (χ2n) is 3.09. The summed E-state index contributed by atoms with van der Waals surface area (Å²) in [4.78, 5) is 11.7. The Labute approximate surface area is 88.9 Å². The van der Waals surface area contributed by atoms with Gasteiger partial charge in [-0.25, -0.2) is 0 Å². The Morgan fingerprint density at radius 2 is 2.21 bits per heavy atom. The highest BCUT2D eigenvalue weighted by Crippen LogP contribution is 2.31. The highest BCUT2D eigenvalue weighted by molar-refractivity contribution is 7.86. The van der Waals surface area contributed by atoms with Gasteiger partial charge in [0.1, 0.15) is 5.75 Å². The summed E-state index contributed by atoms with van der Waals surface area (Å²) in [6.45, 7) is 1.80. The highest BCUT2D eigenvalue weighted by atomic mass is 35.5. The molecule has 1 unspecified atom stereocenters. The number of carbonyl (C=O) groups excluding carboxylic acids is 1. The van der Waals surface area contributed by atoms with Crippen LogP contribution in [0.4, 0.5) is 5.69 Å². The molecule has 1 aromatic carbocycles. The Morgan fingerprint density at radius 3 is 2.93 bits per heavy atom. The Bertz CT molecular complexity index is 445. The molecule has 74 valence electrons. The van der Waals surface area contributed by atoms with Gasteiger partial charge in [0.05, 0.1) is 21.4 Å². The largest absolute Gasteiger partial charge is 0.324 e. The molecule has 1 aromatic rings. The van der Waals surface area contributed by atoms with Gasteiger partial charge in [-0.15, -0.1) is 0 Å². The van der Waals surface area contributed by atoms with Gasteiger partial charge in [-0.2, -0.15) is 0 Å². The Morgan fingerprint density at radius 1 is 1.50 bits per heavy atom. The van der Waals surface area contributed by atoms with Gasteiger partial charge in [0.2, 0.25) is 5.91 Å². The molecule has 1 aliphatic rings. The average Bonchev–Trinajstić information content (AvgIpc) is 2.10. The minimum atomic E-state index is -1.26. The molecule has 5 heteroatoms. The number of anilines is 1. The molecule has 1 N–H and O–H groups in total. The van der Waals surface area contributed by atoms with Crippen molar-refractivity contribution in [3.63, 3.8) is 0 Å². The van der Waals surface area contributed by atoms with E-state index in [0.717, 1.165) is 5.56 Å². The molecular formula is C9H8ClNO2S. The Hall–Kier alpha value is -0.870. The molecule has 0 spiro atoms. The van der Waals surface area contributed by atoms with Crippen LogP contribution in [0.1, 0.15) is 5.56 Å². The first kappa shape index (κ1) is 9.68. The van der Waals surface area contributed by atoms with Crippen molar-refractivity contribution in [1.82, 2.24) is 0 Å². The third kappa shape index (κ3) is 1.44. The van der Waals surface area contributed by atoms with E-state index >= 15 is 0 Å². The van der Waals surface area contributed by atoms with E-state index in [9.17, 15) is 9.00 Å². The molecule has 0 aliphatic carbocycles. The number of carbonyl (C=O) groups is 1. The van der Waals surface area contributed by atoms with Crippen molar-refractivity contribution in [2.75, 3.05) is 11.1 Å². The number of amides is 1. The van der Waals surface area contributed by atoms with Crippen molar-refractivity contribution < 1.29 is 9.00 Å². The van der Waals surface area contributed by atoms with Crippen molar-refractivity contribution in [3.8, 4) is 0 Å². The van der Waals surface area contributed by atoms with Crippen LogP contribution in [0.25, 0.3) is 0 Å². The van der Waals surface area contributed by atoms with Gasteiger partial charge in [-0.05, 0) is 24.6 Å². The van der Waals surface area contributed by atoms with Crippen LogP contribution in [-0.4, -0.2) is 15.9 Å². The van der Waals surface area contributed by atoms with Crippen LogP contribution in [0.15, 0.2) is 17.0 Å². The molecule has 1 aliphatic heterocycles. The predicted octanol–water partition coefficient (Wildman–Crippen LogP) is 1.71. The van der Waals surface area contributed by atoms with Crippen molar-refractivity contribution in [3.05, 3.63) is 22.7 Å². The van der Waals surface area contributed by atoms with Gasteiger partial charge < -0.3 is 5.32 Å². The molecule has 14 heavy (non-hydrogen) atoms. The summed E-state index contributed by atoms with van der Waals surface area (Å²) < 4.78 is 11.7. The fourth-order valence-corrected chi connectivity index (χ4v) is 2.92. The van der Waals surface area contributed by atoms with Gasteiger partial charge >= 0.3 is 0 Å². The molecule has 0 saturated heterocycles. The van der Waals surface area contributed by atoms with Crippen molar-refractivity contribution in [2.24, 2.45) is 0 Å². The SMILES string of the molecule is Cc1c(Cl)ccc2c1S(=O)CC(=O)N2. The summed E-state index contributed by atoms with van der Waals surface area (Å²) in [5, 5.41) is 3.24. The third-order valence-corrected chi connectivity index (χ3v) is 4.02. The van der Waals surface area contributed by atoms with Crippen LogP contribution in [-0.2, 0) is 15.6 Å². The summed E-state index contributed by atoms with van der Waals surface area (Å²) >= 11 is 5.90. The van der Waals surface area contributed by atoms with E-state index in [0.29, 0.717) is 15.6 Å². The molecule has 1 atom stereocenters. The van der Waals surface area contributed by atoms with Gasteiger partial charge in [0.15, 0.2) is 0 Å². The minimum absolute atomic E-state index is 0.0220. The van der Waals surface area contributed by atoms with Gasteiger partial charge in [0.25, 0.3) is 0 Å². The summed E-state index contributed by atoms with van der Waals surface area (Å²) in [5.74, 6) is -0.189. The van der Waals surface area contributed by atoms with Crippen LogP contribution in [0.3, 0.4) is 0 Å². The zero-order valence-corrected chi connectivity index (χ0v) is 9.04. The van der Waals surface area contributed by atoms with E-state index in [4.69, 9.17) is 11.6 Å². The lowest BCUT2D eigenvalue weighted by Gasteiger charge is -2.18. The molecule has 1 heterocycles. The van der Waals surface area contributed by atoms with Crippen LogP contribution < -0.4 is 5.32 Å². The van der Waals surface area contributed by atoms with Crippen molar-refractivity contribution in [1.29, 1.82) is 0 Å². The van der Waals surface area contributed by atoms with Crippen molar-refractivity contribution >= 4 is 34.0 Å². The smallest absolute Gasteiger partial charge is 0.237 e. The van der Waals surface area contributed by atoms with Crippen LogP contribution in [0.5, 0.6) is 0 Å². The zero-order valence-electron chi connectivity index (χ0n) is 7.46. The average molecular weight is 230 g/mol. The molecule has 0 saturated carbocycles. The number of hydrogen-bond donors (Lipinski definition) is 1. The standard InChI is InChI=1S/C9H8ClNO2S/c1-5-6(10)2-3-7-9(5)14(13)4-8(12)11-7/h2-3H,4H2,1H3,(H,11,12). The second-order valence-corrected chi connectivity index (χ2v) is 4.88. The van der Waals surface area contributed by atoms with E-state index in [-0.39, 0.29) is 11.7 Å². The zero-order chi connectivity index (χ0) is 10.3. The van der Waals surface area contributed by atoms with Crippen LogP contribution in [0.2, 0.25) is 5.02 Å². The molecular weight excluding hydrogens is 222 g/mol. The summed E-state index contributed by atoms with van der Waals surface area (Å²) in [6, 6.07) is 3.37. The maximum atomic E-state index is 11.7. The van der Waals surface area contributed by atoms with Crippen LogP contribution in [0, 0.1) is 6.92 Å². The van der Waals surface area contributed by atoms with E-state index in [1.165, 1.54) is 0 Å². The molecule has 0 fully saturated rings. The lowest BCUT2D eigenvalue weighted by atomic mass is 10.2. The number of benzene rings is 1. The number of hydrogen-bond acceptors (Lipinski definition) is 2. The summed E-state index contributed by atoms with van der Waals surface area (Å²) in [7, 11) is -1.26. The first-order chi connectivity index (χ1) is 6.59. The number of fused-ring (bicyclic) bond motifs is 1. The topological polar surface area (TPSA) is 46.2 Å². The number of nitrogens with one attached hydrogen (secondary N) is 1. The molecule has 0 aromatic heterocycles. The van der Waals surface area contributed by atoms with E-state index < -0.39 is 10.8 Å². The molecule has 0 bridgehead atoms. The molecule has 0 radical (unpaired) electrons. The van der Waals surface area contributed by atoms with Crippen LogP contribution >= 0.6 is 11.6 Å². The normalized spacial score (nSPS) is 20.1. The Kier molecular flexibility index (Phi) is 2.33. The summed E-state index contributed by atoms with van der Waals surface area (Å²) in [6.07, 6.45) is 0. The number of rotatable bonds is 0. The maximum absolute atomic E-state index is 11.7. The molecule has 1 amide bonds. The number of halogens is 1. The fourth-order valence-electron chi connectivity index (χ4n) is 1.44. The monoisotopic (exact) mass is 229 g/mol.